The molecule has 1 aromatic heterocycles. The number of amides is 1. The van der Waals surface area contributed by atoms with E-state index in [1.807, 2.05) is 6.92 Å². The summed E-state index contributed by atoms with van der Waals surface area (Å²) in [7, 11) is 0. The summed E-state index contributed by atoms with van der Waals surface area (Å²) in [5.74, 6) is -0.174. The fourth-order valence-electron chi connectivity index (χ4n) is 3.21. The highest BCUT2D eigenvalue weighted by molar-refractivity contribution is 7.71. The number of hydrogen-bond donors (Lipinski definition) is 2. The Balaban J connectivity index is 1.77. The smallest absolute Gasteiger partial charge is 0.262 e. The minimum absolute atomic E-state index is 0.00498. The van der Waals surface area contributed by atoms with Gasteiger partial charge in [-0.25, -0.2) is 0 Å². The first-order valence-electron chi connectivity index (χ1n) is 8.98. The Kier molecular flexibility index (Phi) is 6.20. The van der Waals surface area contributed by atoms with Crippen LogP contribution < -0.4 is 10.9 Å². The van der Waals surface area contributed by atoms with E-state index in [1.165, 1.54) is 4.57 Å². The van der Waals surface area contributed by atoms with E-state index in [9.17, 15) is 9.59 Å². The topological polar surface area (TPSA) is 79.4 Å². The van der Waals surface area contributed by atoms with E-state index in [1.54, 1.807) is 24.3 Å². The summed E-state index contributed by atoms with van der Waals surface area (Å²) in [6, 6.07) is 4.99. The van der Waals surface area contributed by atoms with Crippen LogP contribution in [0.3, 0.4) is 0 Å². The number of allylic oxidation sites excluding steroid dienone is 1. The summed E-state index contributed by atoms with van der Waals surface area (Å²) in [4.78, 5) is 30.4. The third kappa shape index (κ3) is 4.52. The number of nitrogens with zero attached hydrogens (tertiary/aromatic N) is 2. The molecule has 1 saturated heterocycles. The second kappa shape index (κ2) is 8.60. The minimum atomic E-state index is -0.193. The van der Waals surface area contributed by atoms with Crippen molar-refractivity contribution in [3.63, 3.8) is 0 Å². The number of benzene rings is 1. The molecule has 0 radical (unpaired) electrons. The van der Waals surface area contributed by atoms with Crippen molar-refractivity contribution < 1.29 is 9.53 Å². The van der Waals surface area contributed by atoms with Gasteiger partial charge in [-0.05, 0) is 37.3 Å². The van der Waals surface area contributed by atoms with Gasteiger partial charge >= 0.3 is 0 Å². The standard InChI is InChI=1S/C19H24N4O3S/c1-3-6-23-18(25)15-5-4-14(11-16(15)21-19(23)27)17(24)20-13(2)12-22-7-9-26-10-8-22/h3-5,11,13H,1,6-10,12H2,2H3,(H,20,24)(H,21,27). The van der Waals surface area contributed by atoms with Crippen molar-refractivity contribution in [2.75, 3.05) is 32.8 Å². The van der Waals surface area contributed by atoms with Crippen molar-refractivity contribution in [2.45, 2.75) is 19.5 Å². The molecule has 2 heterocycles. The SMILES string of the molecule is C=CCn1c(=S)[nH]c2cc(C(=O)NC(C)CN3CCOCC3)ccc2c1=O. The zero-order valence-electron chi connectivity index (χ0n) is 15.4. The van der Waals surface area contributed by atoms with E-state index >= 15 is 0 Å². The van der Waals surface area contributed by atoms with Gasteiger partial charge in [-0.3, -0.25) is 19.1 Å². The lowest BCUT2D eigenvalue weighted by atomic mass is 10.1. The van der Waals surface area contributed by atoms with Gasteiger partial charge in [-0.2, -0.15) is 0 Å². The van der Waals surface area contributed by atoms with Crippen LogP contribution in [-0.2, 0) is 11.3 Å². The summed E-state index contributed by atoms with van der Waals surface area (Å²) in [5.41, 5.74) is 0.850. The summed E-state index contributed by atoms with van der Waals surface area (Å²) in [5, 5.41) is 3.50. The number of ether oxygens (including phenoxy) is 1. The van der Waals surface area contributed by atoms with E-state index in [-0.39, 0.29) is 17.5 Å². The summed E-state index contributed by atoms with van der Waals surface area (Å²) < 4.78 is 7.09. The Morgan fingerprint density at radius 1 is 1.44 bits per heavy atom. The molecular formula is C19H24N4O3S. The van der Waals surface area contributed by atoms with Crippen molar-refractivity contribution in [2.24, 2.45) is 0 Å². The third-order valence-corrected chi connectivity index (χ3v) is 4.89. The number of aromatic amines is 1. The van der Waals surface area contributed by atoms with Crippen LogP contribution in [0.1, 0.15) is 17.3 Å². The molecule has 0 spiro atoms. The lowest BCUT2D eigenvalue weighted by Crippen LogP contribution is -2.46. The summed E-state index contributed by atoms with van der Waals surface area (Å²) in [6.45, 7) is 9.96. The molecular weight excluding hydrogens is 364 g/mol. The van der Waals surface area contributed by atoms with Crippen molar-refractivity contribution in [3.8, 4) is 0 Å². The maximum atomic E-state index is 12.6. The van der Waals surface area contributed by atoms with Crippen LogP contribution in [0.15, 0.2) is 35.6 Å². The number of nitrogens with one attached hydrogen (secondary N) is 2. The van der Waals surface area contributed by atoms with Gasteiger partial charge in [0.15, 0.2) is 4.77 Å². The second-order valence-electron chi connectivity index (χ2n) is 6.68. The van der Waals surface area contributed by atoms with Crippen LogP contribution in [-0.4, -0.2) is 59.2 Å². The highest BCUT2D eigenvalue weighted by atomic mass is 32.1. The highest BCUT2D eigenvalue weighted by Gasteiger charge is 2.16. The van der Waals surface area contributed by atoms with Crippen molar-refractivity contribution in [3.05, 3.63) is 51.5 Å². The van der Waals surface area contributed by atoms with E-state index in [2.05, 4.69) is 21.8 Å². The van der Waals surface area contributed by atoms with Gasteiger partial charge in [0.05, 0.1) is 24.1 Å². The van der Waals surface area contributed by atoms with Crippen LogP contribution >= 0.6 is 12.2 Å². The molecule has 27 heavy (non-hydrogen) atoms. The molecule has 1 aromatic carbocycles. The van der Waals surface area contributed by atoms with E-state index in [0.717, 1.165) is 32.8 Å². The molecule has 2 N–H and O–H groups in total. The second-order valence-corrected chi connectivity index (χ2v) is 7.07. The van der Waals surface area contributed by atoms with Gasteiger partial charge in [-0.1, -0.05) is 6.08 Å². The molecule has 0 saturated carbocycles. The zero-order valence-corrected chi connectivity index (χ0v) is 16.2. The molecule has 0 bridgehead atoms. The molecule has 1 aliphatic rings. The van der Waals surface area contributed by atoms with E-state index in [0.29, 0.717) is 27.8 Å². The molecule has 3 rings (SSSR count). The first-order valence-corrected chi connectivity index (χ1v) is 9.39. The number of H-pyrrole nitrogens is 1. The monoisotopic (exact) mass is 388 g/mol. The average molecular weight is 388 g/mol. The number of rotatable bonds is 6. The first-order chi connectivity index (χ1) is 13.0. The quantitative estimate of drug-likeness (QED) is 0.582. The number of aromatic nitrogens is 2. The maximum Gasteiger partial charge on any atom is 0.262 e. The van der Waals surface area contributed by atoms with Gasteiger partial charge in [0.25, 0.3) is 11.5 Å². The van der Waals surface area contributed by atoms with Crippen LogP contribution in [0, 0.1) is 4.77 Å². The number of carbonyl (C=O) groups is 1. The lowest BCUT2D eigenvalue weighted by Gasteiger charge is -2.29. The summed E-state index contributed by atoms with van der Waals surface area (Å²) >= 11 is 5.25. The number of carbonyl (C=O) groups excluding carboxylic acids is 1. The predicted molar refractivity (Wildman–Crippen MR) is 108 cm³/mol. The Hall–Kier alpha value is -2.29. The third-order valence-electron chi connectivity index (χ3n) is 4.57. The lowest BCUT2D eigenvalue weighted by molar-refractivity contribution is 0.0342. The van der Waals surface area contributed by atoms with Crippen LogP contribution in [0.4, 0.5) is 0 Å². The molecule has 1 atom stereocenters. The predicted octanol–water partition coefficient (Wildman–Crippen LogP) is 1.70. The Bertz CT molecular complexity index is 960. The van der Waals surface area contributed by atoms with Gasteiger partial charge in [0.2, 0.25) is 0 Å². The van der Waals surface area contributed by atoms with Crippen LogP contribution in [0.5, 0.6) is 0 Å². The van der Waals surface area contributed by atoms with Crippen molar-refractivity contribution in [1.82, 2.24) is 19.8 Å². The largest absolute Gasteiger partial charge is 0.379 e. The zero-order chi connectivity index (χ0) is 19.4. The number of fused-ring (bicyclic) bond motifs is 1. The Morgan fingerprint density at radius 2 is 2.19 bits per heavy atom. The molecule has 0 aliphatic carbocycles. The first kappa shape index (κ1) is 19.5. The highest BCUT2D eigenvalue weighted by Crippen LogP contribution is 2.11. The van der Waals surface area contributed by atoms with Crippen LogP contribution in [0.25, 0.3) is 10.9 Å². The fraction of sp³-hybridized carbons (Fsp3) is 0.421. The Labute approximate surface area is 162 Å². The Morgan fingerprint density at radius 3 is 2.89 bits per heavy atom. The molecule has 2 aromatic rings. The van der Waals surface area contributed by atoms with Crippen LogP contribution in [0.2, 0.25) is 0 Å². The molecule has 1 aliphatic heterocycles. The number of hydrogen-bond acceptors (Lipinski definition) is 5. The molecule has 8 heteroatoms. The summed E-state index contributed by atoms with van der Waals surface area (Å²) in [6.07, 6.45) is 1.62. The minimum Gasteiger partial charge on any atom is -0.379 e. The molecule has 1 unspecified atom stereocenters. The average Bonchev–Trinajstić information content (AvgIpc) is 2.65. The van der Waals surface area contributed by atoms with Gasteiger partial charge < -0.3 is 15.0 Å². The molecule has 1 amide bonds. The fourth-order valence-corrected chi connectivity index (χ4v) is 3.48. The van der Waals surface area contributed by atoms with Gasteiger partial charge in [0, 0.05) is 37.8 Å². The van der Waals surface area contributed by atoms with E-state index in [4.69, 9.17) is 17.0 Å². The van der Waals surface area contributed by atoms with E-state index < -0.39 is 0 Å². The van der Waals surface area contributed by atoms with Crippen molar-refractivity contribution in [1.29, 1.82) is 0 Å². The van der Waals surface area contributed by atoms with Gasteiger partial charge in [0.1, 0.15) is 0 Å². The molecule has 1 fully saturated rings. The van der Waals surface area contributed by atoms with Gasteiger partial charge in [-0.15, -0.1) is 6.58 Å². The maximum absolute atomic E-state index is 12.6. The normalized spacial score (nSPS) is 16.2. The molecule has 144 valence electrons. The number of morpholine rings is 1. The molecule has 7 nitrogen and oxygen atoms in total. The van der Waals surface area contributed by atoms with Crippen molar-refractivity contribution >= 4 is 29.0 Å².